The minimum atomic E-state index is -0.232. The van der Waals surface area contributed by atoms with Gasteiger partial charge < -0.3 is 0 Å². The molecular weight excluding hydrogens is 103 g/mol. The van der Waals surface area contributed by atoms with E-state index in [1.165, 1.54) is 18.2 Å². The topological polar surface area (TPSA) is 0 Å². The first-order valence-electron chi connectivity index (χ1n) is 2.42. The van der Waals surface area contributed by atoms with Crippen LogP contribution in [0, 0.1) is 0 Å². The molecule has 0 saturated carbocycles. The number of halogens is 1. The molecule has 0 N–H and O–H groups in total. The van der Waals surface area contributed by atoms with Crippen LogP contribution < -0.4 is 0 Å². The molecule has 0 nitrogen and oxygen atoms in total. The lowest BCUT2D eigenvalue weighted by Crippen LogP contribution is -1.58. The first-order valence-corrected chi connectivity index (χ1v) is 2.42. The van der Waals surface area contributed by atoms with E-state index in [0.29, 0.717) is 0 Å². The molecule has 0 saturated heterocycles. The van der Waals surface area contributed by atoms with Crippen LogP contribution in [-0.2, 0) is 0 Å². The van der Waals surface area contributed by atoms with Crippen LogP contribution in [0.2, 0.25) is 0 Å². The highest BCUT2D eigenvalue weighted by atomic mass is 19.1. The number of hydrogen-bond donors (Lipinski definition) is 0. The molecule has 0 aliphatic rings. The molecule has 1 heteroatoms. The maximum atomic E-state index is 12.0. The Kier molecular flexibility index (Phi) is 3.85. The summed E-state index contributed by atoms with van der Waals surface area (Å²) in [6.45, 7) is 5.03. The van der Waals surface area contributed by atoms with Crippen molar-refractivity contribution < 1.29 is 4.39 Å². The van der Waals surface area contributed by atoms with Crippen LogP contribution in [0.25, 0.3) is 0 Å². The molecule has 0 heterocycles. The summed E-state index contributed by atoms with van der Waals surface area (Å²) in [5.41, 5.74) is 0. The van der Waals surface area contributed by atoms with Crippen molar-refractivity contribution in [3.05, 3.63) is 36.7 Å². The largest absolute Gasteiger partial charge is 0.207 e. The Labute approximate surface area is 49.0 Å². The Morgan fingerprint density at radius 3 is 2.62 bits per heavy atom. The van der Waals surface area contributed by atoms with Crippen LogP contribution in [-0.4, -0.2) is 0 Å². The fraction of sp³-hybridized carbons (Fsp3) is 0.143. The van der Waals surface area contributed by atoms with Gasteiger partial charge in [-0.1, -0.05) is 24.8 Å². The predicted octanol–water partition coefficient (Wildman–Crippen LogP) is 2.60. The van der Waals surface area contributed by atoms with Crippen molar-refractivity contribution in [2.75, 3.05) is 0 Å². The molecule has 0 aliphatic carbocycles. The van der Waals surface area contributed by atoms with Gasteiger partial charge in [-0.05, 0) is 13.0 Å². The molecule has 44 valence electrons. The molecule has 0 aromatic carbocycles. The van der Waals surface area contributed by atoms with Crippen molar-refractivity contribution in [2.45, 2.75) is 6.92 Å². The summed E-state index contributed by atoms with van der Waals surface area (Å²) >= 11 is 0. The lowest BCUT2D eigenvalue weighted by atomic mass is 10.4. The zero-order valence-corrected chi connectivity index (χ0v) is 4.89. The van der Waals surface area contributed by atoms with Crippen molar-refractivity contribution in [3.8, 4) is 0 Å². The van der Waals surface area contributed by atoms with E-state index < -0.39 is 0 Å². The molecule has 0 bridgehead atoms. The second kappa shape index (κ2) is 4.31. The summed E-state index contributed by atoms with van der Waals surface area (Å²) in [5.74, 6) is -0.232. The van der Waals surface area contributed by atoms with E-state index in [0.717, 1.165) is 0 Å². The van der Waals surface area contributed by atoms with Crippen molar-refractivity contribution in [1.82, 2.24) is 0 Å². The van der Waals surface area contributed by atoms with Crippen LogP contribution in [0.5, 0.6) is 0 Å². The first kappa shape index (κ1) is 7.15. The number of allylic oxidation sites excluding steroid dienone is 5. The SMILES string of the molecule is C=CC=CC(F)=CC. The van der Waals surface area contributed by atoms with Gasteiger partial charge in [-0.25, -0.2) is 4.39 Å². The van der Waals surface area contributed by atoms with Gasteiger partial charge in [0.2, 0.25) is 0 Å². The van der Waals surface area contributed by atoms with Gasteiger partial charge in [0.25, 0.3) is 0 Å². The van der Waals surface area contributed by atoms with Gasteiger partial charge in [-0.3, -0.25) is 0 Å². The van der Waals surface area contributed by atoms with E-state index in [1.807, 2.05) is 0 Å². The Morgan fingerprint density at radius 1 is 1.62 bits per heavy atom. The first-order chi connectivity index (χ1) is 3.81. The Balaban J connectivity index is 3.69. The van der Waals surface area contributed by atoms with E-state index in [2.05, 4.69) is 6.58 Å². The van der Waals surface area contributed by atoms with Crippen LogP contribution >= 0.6 is 0 Å². The second-order valence-corrected chi connectivity index (χ2v) is 1.27. The monoisotopic (exact) mass is 112 g/mol. The van der Waals surface area contributed by atoms with Gasteiger partial charge in [0.15, 0.2) is 0 Å². The second-order valence-electron chi connectivity index (χ2n) is 1.27. The third-order valence-corrected chi connectivity index (χ3v) is 0.667. The summed E-state index contributed by atoms with van der Waals surface area (Å²) in [6, 6.07) is 0. The normalized spacial score (nSPS) is 12.5. The number of hydrogen-bond acceptors (Lipinski definition) is 0. The molecule has 0 fully saturated rings. The summed E-state index contributed by atoms with van der Waals surface area (Å²) in [5, 5.41) is 0. The Morgan fingerprint density at radius 2 is 2.25 bits per heavy atom. The quantitative estimate of drug-likeness (QED) is 0.481. The highest BCUT2D eigenvalue weighted by molar-refractivity contribution is 5.14. The average Bonchev–Trinajstić information content (AvgIpc) is 1.83. The molecule has 0 amide bonds. The van der Waals surface area contributed by atoms with Crippen molar-refractivity contribution >= 4 is 0 Å². The van der Waals surface area contributed by atoms with Gasteiger partial charge in [0.05, 0.1) is 0 Å². The van der Waals surface area contributed by atoms with Crippen molar-refractivity contribution in [2.24, 2.45) is 0 Å². The van der Waals surface area contributed by atoms with E-state index in [1.54, 1.807) is 13.0 Å². The highest BCUT2D eigenvalue weighted by Crippen LogP contribution is 1.95. The molecule has 0 atom stereocenters. The molecule has 0 spiro atoms. The zero-order chi connectivity index (χ0) is 6.41. The molecular formula is C7H9F. The van der Waals surface area contributed by atoms with E-state index in [9.17, 15) is 4.39 Å². The molecule has 0 aromatic heterocycles. The van der Waals surface area contributed by atoms with E-state index in [4.69, 9.17) is 0 Å². The third kappa shape index (κ3) is 3.34. The fourth-order valence-corrected chi connectivity index (χ4v) is 0.256. The Hall–Kier alpha value is -0.850. The van der Waals surface area contributed by atoms with Gasteiger partial charge in [0.1, 0.15) is 5.83 Å². The fourth-order valence-electron chi connectivity index (χ4n) is 0.256. The predicted molar refractivity (Wildman–Crippen MR) is 34.2 cm³/mol. The van der Waals surface area contributed by atoms with Gasteiger partial charge in [0, 0.05) is 0 Å². The highest BCUT2D eigenvalue weighted by Gasteiger charge is 1.76. The maximum Gasteiger partial charge on any atom is 0.118 e. The number of rotatable bonds is 2. The van der Waals surface area contributed by atoms with Crippen LogP contribution in [0.15, 0.2) is 36.7 Å². The van der Waals surface area contributed by atoms with Gasteiger partial charge in [-0.2, -0.15) is 0 Å². The molecule has 8 heavy (non-hydrogen) atoms. The zero-order valence-electron chi connectivity index (χ0n) is 4.89. The third-order valence-electron chi connectivity index (χ3n) is 0.667. The molecule has 0 aliphatic heterocycles. The maximum absolute atomic E-state index is 12.0. The van der Waals surface area contributed by atoms with Gasteiger partial charge >= 0.3 is 0 Å². The summed E-state index contributed by atoms with van der Waals surface area (Å²) in [7, 11) is 0. The van der Waals surface area contributed by atoms with E-state index in [-0.39, 0.29) is 5.83 Å². The van der Waals surface area contributed by atoms with E-state index >= 15 is 0 Å². The molecule has 0 radical (unpaired) electrons. The molecule has 0 unspecified atom stereocenters. The minimum absolute atomic E-state index is 0.232. The summed E-state index contributed by atoms with van der Waals surface area (Å²) in [4.78, 5) is 0. The lowest BCUT2D eigenvalue weighted by Gasteiger charge is -1.77. The lowest BCUT2D eigenvalue weighted by molar-refractivity contribution is 0.665. The molecule has 0 aromatic rings. The smallest absolute Gasteiger partial charge is 0.118 e. The van der Waals surface area contributed by atoms with Gasteiger partial charge in [-0.15, -0.1) is 0 Å². The minimum Gasteiger partial charge on any atom is -0.207 e. The Bertz CT molecular complexity index is 120. The standard InChI is InChI=1S/C7H9F/c1-3-5-6-7(8)4-2/h3-6H,1H2,2H3. The van der Waals surface area contributed by atoms with Crippen LogP contribution in [0.4, 0.5) is 4.39 Å². The average molecular weight is 112 g/mol. The van der Waals surface area contributed by atoms with Crippen molar-refractivity contribution in [3.63, 3.8) is 0 Å². The summed E-state index contributed by atoms with van der Waals surface area (Å²) in [6.07, 6.45) is 5.82. The van der Waals surface area contributed by atoms with Crippen LogP contribution in [0.1, 0.15) is 6.92 Å². The summed E-state index contributed by atoms with van der Waals surface area (Å²) < 4.78 is 12.0. The van der Waals surface area contributed by atoms with Crippen LogP contribution in [0.3, 0.4) is 0 Å². The molecule has 0 rings (SSSR count). The van der Waals surface area contributed by atoms with Crippen molar-refractivity contribution in [1.29, 1.82) is 0 Å².